The number of benzene rings is 1. The highest BCUT2D eigenvalue weighted by atomic mass is 32.1. The monoisotopic (exact) mass is 484 g/mol. The molecule has 8 heteroatoms. The molecule has 7 nitrogen and oxygen atoms in total. The van der Waals surface area contributed by atoms with Crippen molar-refractivity contribution < 1.29 is 14.3 Å². The zero-order valence-corrected chi connectivity index (χ0v) is 21.2. The van der Waals surface area contributed by atoms with Crippen molar-refractivity contribution in [2.45, 2.75) is 39.5 Å². The maximum absolute atomic E-state index is 13.2. The Morgan fingerprint density at radius 3 is 2.50 bits per heavy atom. The van der Waals surface area contributed by atoms with E-state index in [2.05, 4.69) is 46.4 Å². The van der Waals surface area contributed by atoms with Crippen LogP contribution in [0.2, 0.25) is 0 Å². The SMILES string of the molecule is Cc1ccc(-c2nc(C)c(C(=O)N3CCC(CC(=O)NCCCN4CCOCC4)CC3)s2)cc1. The predicted octanol–water partition coefficient (Wildman–Crippen LogP) is 3.51. The molecule has 2 aliphatic rings. The second-order valence-corrected chi connectivity index (χ2v) is 10.4. The fourth-order valence-electron chi connectivity index (χ4n) is 4.59. The number of nitrogens with one attached hydrogen (secondary N) is 1. The van der Waals surface area contributed by atoms with E-state index in [1.165, 1.54) is 16.9 Å². The number of aryl methyl sites for hydroxylation is 2. The molecule has 0 radical (unpaired) electrons. The number of hydrogen-bond donors (Lipinski definition) is 1. The highest BCUT2D eigenvalue weighted by Crippen LogP contribution is 2.30. The van der Waals surface area contributed by atoms with Gasteiger partial charge in [-0.25, -0.2) is 4.98 Å². The summed E-state index contributed by atoms with van der Waals surface area (Å²) in [7, 11) is 0. The van der Waals surface area contributed by atoms with Gasteiger partial charge in [0.15, 0.2) is 0 Å². The number of piperidine rings is 1. The molecule has 2 fully saturated rings. The minimum atomic E-state index is 0.0689. The lowest BCUT2D eigenvalue weighted by Gasteiger charge is -2.31. The zero-order chi connectivity index (χ0) is 23.9. The van der Waals surface area contributed by atoms with E-state index in [-0.39, 0.29) is 11.8 Å². The molecule has 0 aliphatic carbocycles. The lowest BCUT2D eigenvalue weighted by Crippen LogP contribution is -2.40. The summed E-state index contributed by atoms with van der Waals surface area (Å²) in [5.41, 5.74) is 3.05. The van der Waals surface area contributed by atoms with Crippen molar-refractivity contribution in [1.29, 1.82) is 0 Å². The summed E-state index contributed by atoms with van der Waals surface area (Å²) in [5, 5.41) is 3.96. The van der Waals surface area contributed by atoms with Crippen LogP contribution in [0, 0.1) is 19.8 Å². The molecule has 4 rings (SSSR count). The van der Waals surface area contributed by atoms with Gasteiger partial charge in [0.05, 0.1) is 18.9 Å². The van der Waals surface area contributed by atoms with Gasteiger partial charge in [0.2, 0.25) is 5.91 Å². The van der Waals surface area contributed by atoms with Crippen molar-refractivity contribution in [2.24, 2.45) is 5.92 Å². The molecule has 0 saturated carbocycles. The van der Waals surface area contributed by atoms with Gasteiger partial charge < -0.3 is 15.0 Å². The minimum absolute atomic E-state index is 0.0689. The van der Waals surface area contributed by atoms with Crippen molar-refractivity contribution >= 4 is 23.2 Å². The molecule has 2 aromatic rings. The Bertz CT molecular complexity index is 961. The molecule has 34 heavy (non-hydrogen) atoms. The van der Waals surface area contributed by atoms with Crippen LogP contribution in [-0.2, 0) is 9.53 Å². The maximum Gasteiger partial charge on any atom is 0.265 e. The first-order valence-electron chi connectivity index (χ1n) is 12.4. The zero-order valence-electron chi connectivity index (χ0n) is 20.3. The van der Waals surface area contributed by atoms with E-state index >= 15 is 0 Å². The average molecular weight is 485 g/mol. The first-order valence-corrected chi connectivity index (χ1v) is 13.2. The summed E-state index contributed by atoms with van der Waals surface area (Å²) in [4.78, 5) is 35.2. The Hall–Kier alpha value is -2.29. The number of aromatic nitrogens is 1. The number of hydrogen-bond acceptors (Lipinski definition) is 6. The number of thiazole rings is 1. The second-order valence-electron chi connectivity index (χ2n) is 9.40. The second kappa shape index (κ2) is 11.9. The molecule has 184 valence electrons. The number of likely N-dealkylation sites (tertiary alicyclic amines) is 1. The minimum Gasteiger partial charge on any atom is -0.379 e. The predicted molar refractivity (Wildman–Crippen MR) is 135 cm³/mol. The number of carbonyl (C=O) groups excluding carboxylic acids is 2. The summed E-state index contributed by atoms with van der Waals surface area (Å²) in [5.74, 6) is 0.543. The summed E-state index contributed by atoms with van der Waals surface area (Å²) in [6.45, 7) is 10.7. The van der Waals surface area contributed by atoms with Gasteiger partial charge in [0.1, 0.15) is 9.88 Å². The summed E-state index contributed by atoms with van der Waals surface area (Å²) in [6.07, 6.45) is 3.26. The highest BCUT2D eigenvalue weighted by Gasteiger charge is 2.27. The van der Waals surface area contributed by atoms with Crippen LogP contribution in [0.1, 0.15) is 46.6 Å². The third kappa shape index (κ3) is 6.64. The van der Waals surface area contributed by atoms with Crippen molar-refractivity contribution in [3.8, 4) is 10.6 Å². The summed E-state index contributed by atoms with van der Waals surface area (Å²) in [6, 6.07) is 8.25. The van der Waals surface area contributed by atoms with Crippen molar-refractivity contribution in [2.75, 3.05) is 52.5 Å². The quantitative estimate of drug-likeness (QED) is 0.581. The van der Waals surface area contributed by atoms with Gasteiger partial charge in [-0.2, -0.15) is 0 Å². The standard InChI is InChI=1S/C26H36N4O3S/c1-19-4-6-22(7-5-19)25-28-20(2)24(34-25)26(32)30-12-8-21(9-13-30)18-23(31)27-10-3-11-29-14-16-33-17-15-29/h4-7,21H,3,8-18H2,1-2H3,(H,27,31). The van der Waals surface area contributed by atoms with E-state index in [4.69, 9.17) is 4.74 Å². The molecule has 0 spiro atoms. The lowest BCUT2D eigenvalue weighted by atomic mass is 9.93. The molecule has 0 bridgehead atoms. The molecule has 1 aromatic carbocycles. The van der Waals surface area contributed by atoms with Crippen molar-refractivity contribution in [3.05, 3.63) is 40.4 Å². The van der Waals surface area contributed by atoms with E-state index in [1.807, 2.05) is 11.8 Å². The fourth-order valence-corrected chi connectivity index (χ4v) is 5.63. The molecule has 2 aliphatic heterocycles. The van der Waals surface area contributed by atoms with E-state index in [9.17, 15) is 9.59 Å². The Kier molecular flexibility index (Phi) is 8.69. The van der Waals surface area contributed by atoms with Crippen molar-refractivity contribution in [3.63, 3.8) is 0 Å². The molecular formula is C26H36N4O3S. The van der Waals surface area contributed by atoms with Crippen LogP contribution in [0.15, 0.2) is 24.3 Å². The Labute approximate surface area is 206 Å². The Morgan fingerprint density at radius 1 is 1.09 bits per heavy atom. The largest absolute Gasteiger partial charge is 0.379 e. The van der Waals surface area contributed by atoms with Crippen LogP contribution in [0.3, 0.4) is 0 Å². The number of carbonyl (C=O) groups is 2. The number of amides is 2. The third-order valence-corrected chi connectivity index (χ3v) is 7.94. The third-order valence-electron chi connectivity index (χ3n) is 6.74. The first kappa shape index (κ1) is 24.8. The number of ether oxygens (including phenoxy) is 1. The molecule has 2 saturated heterocycles. The Balaban J connectivity index is 1.19. The number of nitrogens with zero attached hydrogens (tertiary/aromatic N) is 3. The van der Waals surface area contributed by atoms with Gasteiger partial charge in [-0.05, 0) is 45.6 Å². The van der Waals surface area contributed by atoms with Crippen LogP contribution in [0.5, 0.6) is 0 Å². The molecule has 0 unspecified atom stereocenters. The smallest absolute Gasteiger partial charge is 0.265 e. The van der Waals surface area contributed by atoms with E-state index < -0.39 is 0 Å². The van der Waals surface area contributed by atoms with Crippen LogP contribution < -0.4 is 5.32 Å². The highest BCUT2D eigenvalue weighted by molar-refractivity contribution is 7.17. The van der Waals surface area contributed by atoms with E-state index in [1.54, 1.807) is 0 Å². The molecular weight excluding hydrogens is 448 g/mol. The first-order chi connectivity index (χ1) is 16.5. The van der Waals surface area contributed by atoms with Crippen LogP contribution >= 0.6 is 11.3 Å². The molecule has 3 heterocycles. The van der Waals surface area contributed by atoms with Gasteiger partial charge in [-0.15, -0.1) is 11.3 Å². The molecule has 2 amide bonds. The number of morpholine rings is 1. The van der Waals surface area contributed by atoms with Gasteiger partial charge in [-0.3, -0.25) is 14.5 Å². The fraction of sp³-hybridized carbons (Fsp3) is 0.577. The topological polar surface area (TPSA) is 74.8 Å². The van der Waals surface area contributed by atoms with E-state index in [0.717, 1.165) is 79.8 Å². The summed E-state index contributed by atoms with van der Waals surface area (Å²) < 4.78 is 5.37. The lowest BCUT2D eigenvalue weighted by molar-refractivity contribution is -0.122. The maximum atomic E-state index is 13.2. The summed E-state index contributed by atoms with van der Waals surface area (Å²) >= 11 is 1.48. The van der Waals surface area contributed by atoms with E-state index in [0.29, 0.717) is 25.4 Å². The average Bonchev–Trinajstić information content (AvgIpc) is 3.24. The van der Waals surface area contributed by atoms with Crippen molar-refractivity contribution in [1.82, 2.24) is 20.1 Å². The Morgan fingerprint density at radius 2 is 1.79 bits per heavy atom. The molecule has 0 atom stereocenters. The van der Waals surface area contributed by atoms with Gasteiger partial charge >= 0.3 is 0 Å². The van der Waals surface area contributed by atoms with Gasteiger partial charge in [-0.1, -0.05) is 29.8 Å². The van der Waals surface area contributed by atoms with Gasteiger partial charge in [0.25, 0.3) is 5.91 Å². The molecule has 1 aromatic heterocycles. The van der Waals surface area contributed by atoms with Crippen LogP contribution in [0.25, 0.3) is 10.6 Å². The van der Waals surface area contributed by atoms with Crippen LogP contribution in [0.4, 0.5) is 0 Å². The van der Waals surface area contributed by atoms with Gasteiger partial charge in [0, 0.05) is 44.7 Å². The normalized spacial score (nSPS) is 17.6. The number of rotatable bonds is 8. The van der Waals surface area contributed by atoms with Crippen LogP contribution in [-0.4, -0.2) is 79.1 Å². The molecule has 1 N–H and O–H groups in total.